The number of likely N-dealkylation sites (N-methyl/N-ethyl adjacent to an activating group) is 1. The van der Waals surface area contributed by atoms with Gasteiger partial charge in [-0.25, -0.2) is 0 Å². The Morgan fingerprint density at radius 1 is 1.38 bits per heavy atom. The molecule has 7 nitrogen and oxygen atoms in total. The number of carbonyl (C=O) groups is 1. The van der Waals surface area contributed by atoms with Crippen LogP contribution in [-0.2, 0) is 24.4 Å². The lowest BCUT2D eigenvalue weighted by Gasteiger charge is -2.14. The van der Waals surface area contributed by atoms with Crippen LogP contribution in [0, 0.1) is 0 Å². The third-order valence-corrected chi connectivity index (χ3v) is 2.84. The van der Waals surface area contributed by atoms with E-state index in [2.05, 4.69) is 15.5 Å². The van der Waals surface area contributed by atoms with Gasteiger partial charge >= 0.3 is 0 Å². The number of amides is 1. The second-order valence-electron chi connectivity index (χ2n) is 4.74. The average molecular weight is 289 g/mol. The van der Waals surface area contributed by atoms with Crippen LogP contribution >= 0.6 is 0 Å². The molecule has 7 heteroatoms. The van der Waals surface area contributed by atoms with Crippen molar-refractivity contribution < 1.29 is 9.32 Å². The summed E-state index contributed by atoms with van der Waals surface area (Å²) in [6.45, 7) is 1.43. The highest BCUT2D eigenvalue weighted by atomic mass is 16.5. The van der Waals surface area contributed by atoms with Gasteiger partial charge in [0.15, 0.2) is 5.82 Å². The third kappa shape index (κ3) is 4.97. The number of hydrogen-bond acceptors (Lipinski definition) is 6. The van der Waals surface area contributed by atoms with E-state index in [9.17, 15) is 4.79 Å². The maximum atomic E-state index is 11.8. The lowest BCUT2D eigenvalue weighted by Crippen LogP contribution is -2.34. The zero-order valence-corrected chi connectivity index (χ0v) is 12.0. The van der Waals surface area contributed by atoms with Gasteiger partial charge in [0.2, 0.25) is 11.8 Å². The Bertz CT molecular complexity index is 570. The Balaban J connectivity index is 1.74. The molecule has 3 N–H and O–H groups in total. The first-order chi connectivity index (χ1) is 10.2. The summed E-state index contributed by atoms with van der Waals surface area (Å²) in [5.74, 6) is 0.865. The number of rotatable bonds is 7. The van der Waals surface area contributed by atoms with Gasteiger partial charge in [-0.3, -0.25) is 9.69 Å². The van der Waals surface area contributed by atoms with E-state index in [0.29, 0.717) is 24.8 Å². The van der Waals surface area contributed by atoms with E-state index in [0.717, 1.165) is 5.56 Å². The molecular formula is C14H19N5O2. The zero-order chi connectivity index (χ0) is 15.1. The van der Waals surface area contributed by atoms with Gasteiger partial charge in [-0.2, -0.15) is 4.98 Å². The quantitative estimate of drug-likeness (QED) is 0.759. The molecule has 112 valence electrons. The average Bonchev–Trinajstić information content (AvgIpc) is 2.93. The SMILES string of the molecule is CN(CC(=O)NCc1ccccc1)Cc1noc(CN)n1. The summed E-state index contributed by atoms with van der Waals surface area (Å²) in [6, 6.07) is 9.77. The molecule has 1 aromatic heterocycles. The predicted octanol–water partition coefficient (Wildman–Crippen LogP) is 0.277. The summed E-state index contributed by atoms with van der Waals surface area (Å²) in [6.07, 6.45) is 0. The van der Waals surface area contributed by atoms with Crippen LogP contribution in [0.4, 0.5) is 0 Å². The van der Waals surface area contributed by atoms with E-state index < -0.39 is 0 Å². The smallest absolute Gasteiger partial charge is 0.240 e. The largest absolute Gasteiger partial charge is 0.351 e. The molecule has 0 fully saturated rings. The minimum absolute atomic E-state index is 0.0519. The highest BCUT2D eigenvalue weighted by molar-refractivity contribution is 5.77. The summed E-state index contributed by atoms with van der Waals surface area (Å²) in [7, 11) is 1.82. The van der Waals surface area contributed by atoms with Crippen LogP contribution in [0.3, 0.4) is 0 Å². The molecule has 1 heterocycles. The van der Waals surface area contributed by atoms with Crippen molar-refractivity contribution in [3.8, 4) is 0 Å². The minimum atomic E-state index is -0.0519. The van der Waals surface area contributed by atoms with Crippen molar-refractivity contribution in [1.29, 1.82) is 0 Å². The Labute approximate surface area is 123 Å². The van der Waals surface area contributed by atoms with E-state index in [4.69, 9.17) is 10.3 Å². The molecule has 2 aromatic rings. The maximum absolute atomic E-state index is 11.8. The van der Waals surface area contributed by atoms with Crippen LogP contribution in [0.1, 0.15) is 17.3 Å². The van der Waals surface area contributed by atoms with Crippen molar-refractivity contribution in [2.24, 2.45) is 5.73 Å². The highest BCUT2D eigenvalue weighted by Crippen LogP contribution is 2.00. The lowest BCUT2D eigenvalue weighted by molar-refractivity contribution is -0.122. The molecule has 0 saturated heterocycles. The maximum Gasteiger partial charge on any atom is 0.240 e. The van der Waals surface area contributed by atoms with Crippen LogP contribution in [0.2, 0.25) is 0 Å². The number of hydrogen-bond donors (Lipinski definition) is 2. The van der Waals surface area contributed by atoms with Gasteiger partial charge in [-0.05, 0) is 12.6 Å². The van der Waals surface area contributed by atoms with Crippen molar-refractivity contribution in [3.63, 3.8) is 0 Å². The Morgan fingerprint density at radius 3 is 2.81 bits per heavy atom. The molecule has 0 unspecified atom stereocenters. The van der Waals surface area contributed by atoms with Gasteiger partial charge in [0.1, 0.15) is 0 Å². The first kappa shape index (κ1) is 15.1. The normalized spacial score (nSPS) is 10.8. The van der Waals surface area contributed by atoms with Crippen LogP contribution in [0.5, 0.6) is 0 Å². The summed E-state index contributed by atoms with van der Waals surface area (Å²) >= 11 is 0. The van der Waals surface area contributed by atoms with E-state index >= 15 is 0 Å². The fraction of sp³-hybridized carbons (Fsp3) is 0.357. The van der Waals surface area contributed by atoms with Crippen LogP contribution in [0.25, 0.3) is 0 Å². The predicted molar refractivity (Wildman–Crippen MR) is 76.8 cm³/mol. The summed E-state index contributed by atoms with van der Waals surface area (Å²) in [5.41, 5.74) is 6.46. The van der Waals surface area contributed by atoms with Crippen molar-refractivity contribution in [1.82, 2.24) is 20.4 Å². The number of nitrogens with two attached hydrogens (primary N) is 1. The molecule has 0 bridgehead atoms. The molecule has 1 amide bonds. The van der Waals surface area contributed by atoms with Crippen molar-refractivity contribution in [3.05, 3.63) is 47.6 Å². The second kappa shape index (κ2) is 7.51. The molecular weight excluding hydrogens is 270 g/mol. The van der Waals surface area contributed by atoms with Gasteiger partial charge in [-0.1, -0.05) is 35.5 Å². The minimum Gasteiger partial charge on any atom is -0.351 e. The number of nitrogens with one attached hydrogen (secondary N) is 1. The molecule has 0 aliphatic heterocycles. The summed E-state index contributed by atoms with van der Waals surface area (Å²) < 4.78 is 4.91. The van der Waals surface area contributed by atoms with Crippen LogP contribution < -0.4 is 11.1 Å². The van der Waals surface area contributed by atoms with Gasteiger partial charge in [0, 0.05) is 6.54 Å². The van der Waals surface area contributed by atoms with Crippen molar-refractivity contribution in [2.45, 2.75) is 19.6 Å². The van der Waals surface area contributed by atoms with Crippen LogP contribution in [0.15, 0.2) is 34.9 Å². The second-order valence-corrected chi connectivity index (χ2v) is 4.74. The molecule has 1 aromatic carbocycles. The molecule has 0 spiro atoms. The molecule has 0 saturated carbocycles. The number of nitrogens with zero attached hydrogens (tertiary/aromatic N) is 3. The Kier molecular flexibility index (Phi) is 5.42. The monoisotopic (exact) mass is 289 g/mol. The molecule has 0 aliphatic carbocycles. The van der Waals surface area contributed by atoms with Gasteiger partial charge < -0.3 is 15.6 Å². The van der Waals surface area contributed by atoms with Gasteiger partial charge in [0.25, 0.3) is 0 Å². The molecule has 2 rings (SSSR count). The first-order valence-corrected chi connectivity index (χ1v) is 6.68. The Hall–Kier alpha value is -2.25. The number of carbonyl (C=O) groups excluding carboxylic acids is 1. The Morgan fingerprint density at radius 2 is 2.14 bits per heavy atom. The summed E-state index contributed by atoms with van der Waals surface area (Å²) in [4.78, 5) is 17.7. The molecule has 0 atom stereocenters. The van der Waals surface area contributed by atoms with Gasteiger partial charge in [0.05, 0.1) is 19.6 Å². The van der Waals surface area contributed by atoms with E-state index in [1.165, 1.54) is 0 Å². The number of aromatic nitrogens is 2. The van der Waals surface area contributed by atoms with Crippen LogP contribution in [-0.4, -0.2) is 34.5 Å². The first-order valence-electron chi connectivity index (χ1n) is 6.68. The fourth-order valence-corrected chi connectivity index (χ4v) is 1.83. The van der Waals surface area contributed by atoms with Crippen molar-refractivity contribution >= 4 is 5.91 Å². The van der Waals surface area contributed by atoms with E-state index in [1.54, 1.807) is 0 Å². The standard InChI is InChI=1S/C14H19N5O2/c1-19(9-12-17-14(7-15)21-18-12)10-13(20)16-8-11-5-3-2-4-6-11/h2-6H,7-10,15H2,1H3,(H,16,20). The van der Waals surface area contributed by atoms with E-state index in [-0.39, 0.29) is 19.0 Å². The lowest BCUT2D eigenvalue weighted by atomic mass is 10.2. The zero-order valence-electron chi connectivity index (χ0n) is 12.0. The molecule has 0 radical (unpaired) electrons. The number of benzene rings is 1. The van der Waals surface area contributed by atoms with E-state index in [1.807, 2.05) is 42.3 Å². The topological polar surface area (TPSA) is 97.3 Å². The summed E-state index contributed by atoms with van der Waals surface area (Å²) in [5, 5.41) is 6.66. The highest BCUT2D eigenvalue weighted by Gasteiger charge is 2.11. The molecule has 0 aliphatic rings. The third-order valence-electron chi connectivity index (χ3n) is 2.84. The van der Waals surface area contributed by atoms with Gasteiger partial charge in [-0.15, -0.1) is 0 Å². The fourth-order valence-electron chi connectivity index (χ4n) is 1.83. The molecule has 21 heavy (non-hydrogen) atoms. The van der Waals surface area contributed by atoms with Crippen molar-refractivity contribution in [2.75, 3.05) is 13.6 Å².